The van der Waals surface area contributed by atoms with E-state index in [0.717, 1.165) is 17.7 Å². The van der Waals surface area contributed by atoms with Gasteiger partial charge in [-0.1, -0.05) is 25.1 Å². The van der Waals surface area contributed by atoms with E-state index in [1.807, 2.05) is 49.4 Å². The third kappa shape index (κ3) is 7.38. The highest BCUT2D eigenvalue weighted by Gasteiger charge is 2.06. The third-order valence-electron chi connectivity index (χ3n) is 3.57. The number of amides is 1. The molecule has 6 nitrogen and oxygen atoms in total. The molecule has 0 aliphatic carbocycles. The van der Waals surface area contributed by atoms with Crippen molar-refractivity contribution in [3.05, 3.63) is 65.5 Å². The summed E-state index contributed by atoms with van der Waals surface area (Å²) in [6.07, 6.45) is 2.69. The Labute approximate surface area is 171 Å². The molecule has 140 valence electrons. The van der Waals surface area contributed by atoms with Crippen molar-refractivity contribution in [2.24, 2.45) is 4.99 Å². The van der Waals surface area contributed by atoms with Crippen LogP contribution in [0.3, 0.4) is 0 Å². The molecule has 2 rings (SSSR count). The van der Waals surface area contributed by atoms with Gasteiger partial charge in [0.1, 0.15) is 0 Å². The van der Waals surface area contributed by atoms with E-state index in [2.05, 4.69) is 25.9 Å². The minimum absolute atomic E-state index is 0. The molecule has 1 aromatic heterocycles. The number of nitrogens with zero attached hydrogens (tertiary/aromatic N) is 2. The molecule has 0 fully saturated rings. The normalized spacial score (nSPS) is 10.6. The fourth-order valence-corrected chi connectivity index (χ4v) is 2.25. The zero-order valence-electron chi connectivity index (χ0n) is 15.2. The number of benzene rings is 1. The smallest absolute Gasteiger partial charge is 0.251 e. The number of halogens is 1. The zero-order valence-corrected chi connectivity index (χ0v) is 17.5. The van der Waals surface area contributed by atoms with E-state index in [9.17, 15) is 4.79 Å². The van der Waals surface area contributed by atoms with Crippen molar-refractivity contribution in [3.8, 4) is 0 Å². The zero-order chi connectivity index (χ0) is 17.9. The van der Waals surface area contributed by atoms with E-state index >= 15 is 0 Å². The number of rotatable bonds is 7. The maximum absolute atomic E-state index is 12.0. The van der Waals surface area contributed by atoms with Gasteiger partial charge in [-0.3, -0.25) is 14.8 Å². The predicted octanol–water partition coefficient (Wildman–Crippen LogP) is 2.70. The molecule has 0 unspecified atom stereocenters. The SMILES string of the molecule is CCCNC(=O)c1cccc(CNC(=NC)NCc2ccccn2)c1.I. The number of pyridine rings is 1. The number of carbonyl (C=O) groups excluding carboxylic acids is 1. The van der Waals surface area contributed by atoms with Crippen molar-refractivity contribution in [2.75, 3.05) is 13.6 Å². The molecule has 7 heteroatoms. The Bertz CT molecular complexity index is 706. The van der Waals surface area contributed by atoms with Gasteiger partial charge in [0.05, 0.1) is 12.2 Å². The van der Waals surface area contributed by atoms with Gasteiger partial charge in [-0.25, -0.2) is 0 Å². The Morgan fingerprint density at radius 3 is 2.58 bits per heavy atom. The van der Waals surface area contributed by atoms with Crippen LogP contribution >= 0.6 is 24.0 Å². The van der Waals surface area contributed by atoms with Crippen LogP contribution in [-0.2, 0) is 13.1 Å². The van der Waals surface area contributed by atoms with Crippen molar-refractivity contribution < 1.29 is 4.79 Å². The fourth-order valence-electron chi connectivity index (χ4n) is 2.25. The summed E-state index contributed by atoms with van der Waals surface area (Å²) in [6, 6.07) is 13.4. The first-order chi connectivity index (χ1) is 12.2. The molecule has 0 aliphatic rings. The molecule has 1 amide bonds. The van der Waals surface area contributed by atoms with E-state index in [-0.39, 0.29) is 29.9 Å². The average molecular weight is 467 g/mol. The van der Waals surface area contributed by atoms with Crippen LogP contribution in [0.5, 0.6) is 0 Å². The number of aromatic nitrogens is 1. The summed E-state index contributed by atoms with van der Waals surface area (Å²) in [7, 11) is 1.72. The third-order valence-corrected chi connectivity index (χ3v) is 3.57. The highest BCUT2D eigenvalue weighted by molar-refractivity contribution is 14.0. The van der Waals surface area contributed by atoms with Gasteiger partial charge in [0.2, 0.25) is 0 Å². The average Bonchev–Trinajstić information content (AvgIpc) is 2.67. The maximum atomic E-state index is 12.0. The molecule has 1 aromatic carbocycles. The Morgan fingerprint density at radius 1 is 1.08 bits per heavy atom. The lowest BCUT2D eigenvalue weighted by Crippen LogP contribution is -2.36. The summed E-state index contributed by atoms with van der Waals surface area (Å²) in [5, 5.41) is 9.35. The molecule has 1 heterocycles. The molecule has 0 saturated heterocycles. The quantitative estimate of drug-likeness (QED) is 0.333. The van der Waals surface area contributed by atoms with E-state index < -0.39 is 0 Å². The summed E-state index contributed by atoms with van der Waals surface area (Å²) in [4.78, 5) is 20.5. The molecule has 0 spiro atoms. The van der Waals surface area contributed by atoms with E-state index in [0.29, 0.717) is 31.2 Å². The highest BCUT2D eigenvalue weighted by atomic mass is 127. The number of hydrogen-bond acceptors (Lipinski definition) is 3. The van der Waals surface area contributed by atoms with E-state index in [1.54, 1.807) is 13.2 Å². The minimum atomic E-state index is -0.0404. The van der Waals surface area contributed by atoms with Crippen LogP contribution in [0.4, 0.5) is 0 Å². The van der Waals surface area contributed by atoms with Crippen LogP contribution in [0.15, 0.2) is 53.7 Å². The number of guanidine groups is 1. The number of carbonyl (C=O) groups is 1. The Balaban J connectivity index is 0.00000338. The van der Waals surface area contributed by atoms with Crippen molar-refractivity contribution in [2.45, 2.75) is 26.4 Å². The molecular weight excluding hydrogens is 441 g/mol. The summed E-state index contributed by atoms with van der Waals surface area (Å²) in [5.74, 6) is 0.646. The van der Waals surface area contributed by atoms with Gasteiger partial charge < -0.3 is 16.0 Å². The van der Waals surface area contributed by atoms with Gasteiger partial charge in [0, 0.05) is 31.9 Å². The van der Waals surface area contributed by atoms with Crippen LogP contribution in [0.2, 0.25) is 0 Å². The van der Waals surface area contributed by atoms with Crippen LogP contribution < -0.4 is 16.0 Å². The topological polar surface area (TPSA) is 78.4 Å². The first-order valence-electron chi connectivity index (χ1n) is 8.44. The van der Waals surface area contributed by atoms with Gasteiger partial charge in [-0.15, -0.1) is 24.0 Å². The van der Waals surface area contributed by atoms with Crippen LogP contribution in [0.1, 0.15) is 35.0 Å². The van der Waals surface area contributed by atoms with Crippen LogP contribution in [-0.4, -0.2) is 30.4 Å². The summed E-state index contributed by atoms with van der Waals surface area (Å²) in [5.41, 5.74) is 2.63. The van der Waals surface area contributed by atoms with Crippen molar-refractivity contribution in [1.29, 1.82) is 0 Å². The monoisotopic (exact) mass is 467 g/mol. The first-order valence-corrected chi connectivity index (χ1v) is 8.44. The number of aliphatic imine (C=N–C) groups is 1. The Morgan fingerprint density at radius 2 is 1.88 bits per heavy atom. The maximum Gasteiger partial charge on any atom is 0.251 e. The van der Waals surface area contributed by atoms with Gasteiger partial charge in [-0.2, -0.15) is 0 Å². The van der Waals surface area contributed by atoms with Crippen molar-refractivity contribution in [1.82, 2.24) is 20.9 Å². The highest BCUT2D eigenvalue weighted by Crippen LogP contribution is 2.05. The molecule has 0 radical (unpaired) electrons. The largest absolute Gasteiger partial charge is 0.352 e. The Hall–Kier alpha value is -2.16. The fraction of sp³-hybridized carbons (Fsp3) is 0.316. The number of hydrogen-bond donors (Lipinski definition) is 3. The van der Waals surface area contributed by atoms with E-state index in [4.69, 9.17) is 0 Å². The minimum Gasteiger partial charge on any atom is -0.352 e. The molecular formula is C19H26IN5O. The standard InChI is InChI=1S/C19H25N5O.HI/c1-3-10-22-18(25)16-8-6-7-15(12-16)13-23-19(20-2)24-14-17-9-4-5-11-21-17;/h4-9,11-12H,3,10,13-14H2,1-2H3,(H,22,25)(H2,20,23,24);1H. The van der Waals surface area contributed by atoms with E-state index in [1.165, 1.54) is 0 Å². The van der Waals surface area contributed by atoms with Gasteiger partial charge in [0.25, 0.3) is 5.91 Å². The van der Waals surface area contributed by atoms with Gasteiger partial charge in [0.15, 0.2) is 5.96 Å². The van der Waals surface area contributed by atoms with Gasteiger partial charge in [-0.05, 0) is 36.2 Å². The molecule has 0 saturated carbocycles. The van der Waals surface area contributed by atoms with Crippen LogP contribution in [0, 0.1) is 0 Å². The predicted molar refractivity (Wildman–Crippen MR) is 116 cm³/mol. The lowest BCUT2D eigenvalue weighted by Gasteiger charge is -2.12. The second kappa shape index (κ2) is 12.2. The lowest BCUT2D eigenvalue weighted by molar-refractivity contribution is 0.0953. The second-order valence-corrected chi connectivity index (χ2v) is 5.56. The lowest BCUT2D eigenvalue weighted by atomic mass is 10.1. The molecule has 0 bridgehead atoms. The Kier molecular flexibility index (Phi) is 10.3. The summed E-state index contributed by atoms with van der Waals surface area (Å²) in [6.45, 7) is 3.90. The van der Waals surface area contributed by atoms with Crippen molar-refractivity contribution in [3.63, 3.8) is 0 Å². The van der Waals surface area contributed by atoms with Crippen molar-refractivity contribution >= 4 is 35.8 Å². The second-order valence-electron chi connectivity index (χ2n) is 5.56. The molecule has 3 N–H and O–H groups in total. The molecule has 2 aromatic rings. The molecule has 0 atom stereocenters. The summed E-state index contributed by atoms with van der Waals surface area (Å²) >= 11 is 0. The summed E-state index contributed by atoms with van der Waals surface area (Å²) < 4.78 is 0. The molecule has 26 heavy (non-hydrogen) atoms. The van der Waals surface area contributed by atoms with Gasteiger partial charge >= 0.3 is 0 Å². The first kappa shape index (κ1) is 21.9. The molecule has 0 aliphatic heterocycles. The number of nitrogens with one attached hydrogen (secondary N) is 3. The van der Waals surface area contributed by atoms with Crippen LogP contribution in [0.25, 0.3) is 0 Å².